The number of unbranched alkanes of at least 4 members (excludes halogenated alkanes) is 19. The fourth-order valence-corrected chi connectivity index (χ4v) is 4.30. The number of esters is 1. The molecule has 0 saturated heterocycles. The molecule has 0 aliphatic carbocycles. The molecule has 0 spiro atoms. The number of rotatable bonds is 26. The first kappa shape index (κ1) is 33.4. The predicted molar refractivity (Wildman–Crippen MR) is 138 cm³/mol. The molecular formula is C28H52O7. The standard InChI is InChI=1S/C28H52O7/c1-2-3-4-5-6-7-8-9-10-11-12-13-14-15-16-17-18-19-20-21-22-35-26(31)24-28(34,27(32)33)23-25(29)30/h34H,2-24H2,1H3,(H,29,30)(H,32,33). The third kappa shape index (κ3) is 21.4. The maximum atomic E-state index is 11.7. The normalized spacial score (nSPS) is 12.9. The molecule has 3 N–H and O–H groups in total. The molecule has 0 rings (SSSR count). The summed E-state index contributed by atoms with van der Waals surface area (Å²) < 4.78 is 4.95. The second-order valence-electron chi connectivity index (χ2n) is 10.0. The van der Waals surface area contributed by atoms with Crippen LogP contribution in [0.25, 0.3) is 0 Å². The molecule has 0 heterocycles. The van der Waals surface area contributed by atoms with Gasteiger partial charge in [0.25, 0.3) is 0 Å². The van der Waals surface area contributed by atoms with Gasteiger partial charge in [-0.2, -0.15) is 0 Å². The minimum atomic E-state index is -2.63. The molecule has 0 bridgehead atoms. The van der Waals surface area contributed by atoms with Gasteiger partial charge in [0.2, 0.25) is 0 Å². The van der Waals surface area contributed by atoms with E-state index in [0.717, 1.165) is 19.3 Å². The minimum Gasteiger partial charge on any atom is -0.481 e. The first-order valence-electron chi connectivity index (χ1n) is 14.1. The van der Waals surface area contributed by atoms with E-state index in [9.17, 15) is 19.5 Å². The van der Waals surface area contributed by atoms with E-state index in [1.807, 2.05) is 0 Å². The molecule has 0 fully saturated rings. The lowest BCUT2D eigenvalue weighted by atomic mass is 9.96. The summed E-state index contributed by atoms with van der Waals surface area (Å²) in [6, 6.07) is 0. The van der Waals surface area contributed by atoms with Gasteiger partial charge in [-0.3, -0.25) is 9.59 Å². The van der Waals surface area contributed by atoms with Crippen molar-refractivity contribution in [2.24, 2.45) is 0 Å². The first-order valence-corrected chi connectivity index (χ1v) is 14.1. The summed E-state index contributed by atoms with van der Waals surface area (Å²) in [6.45, 7) is 2.42. The van der Waals surface area contributed by atoms with Gasteiger partial charge in [0.05, 0.1) is 19.4 Å². The van der Waals surface area contributed by atoms with E-state index < -0.39 is 36.4 Å². The Morgan fingerprint density at radius 1 is 0.571 bits per heavy atom. The smallest absolute Gasteiger partial charge is 0.336 e. The van der Waals surface area contributed by atoms with Gasteiger partial charge >= 0.3 is 17.9 Å². The maximum absolute atomic E-state index is 11.7. The van der Waals surface area contributed by atoms with Crippen molar-refractivity contribution in [2.45, 2.75) is 154 Å². The quantitative estimate of drug-likeness (QED) is 0.0860. The molecule has 0 aliphatic rings. The van der Waals surface area contributed by atoms with Crippen LogP contribution < -0.4 is 0 Å². The summed E-state index contributed by atoms with van der Waals surface area (Å²) in [5.41, 5.74) is -2.63. The van der Waals surface area contributed by atoms with Gasteiger partial charge in [-0.05, 0) is 6.42 Å². The highest BCUT2D eigenvalue weighted by atomic mass is 16.5. The topological polar surface area (TPSA) is 121 Å². The van der Waals surface area contributed by atoms with Crippen molar-refractivity contribution >= 4 is 17.9 Å². The highest BCUT2D eigenvalue weighted by molar-refractivity contribution is 5.88. The summed E-state index contributed by atoms with van der Waals surface area (Å²) in [5, 5.41) is 27.5. The Morgan fingerprint density at radius 3 is 1.23 bits per heavy atom. The van der Waals surface area contributed by atoms with Crippen LogP contribution in [0.4, 0.5) is 0 Å². The zero-order chi connectivity index (χ0) is 26.2. The van der Waals surface area contributed by atoms with E-state index in [2.05, 4.69) is 6.92 Å². The number of carboxylic acids is 2. The maximum Gasteiger partial charge on any atom is 0.336 e. The van der Waals surface area contributed by atoms with Crippen LogP contribution in [0, 0.1) is 0 Å². The molecule has 0 aliphatic heterocycles. The van der Waals surface area contributed by atoms with Gasteiger partial charge in [0, 0.05) is 0 Å². The average molecular weight is 501 g/mol. The molecular weight excluding hydrogens is 448 g/mol. The number of hydrogen-bond donors (Lipinski definition) is 3. The summed E-state index contributed by atoms with van der Waals surface area (Å²) in [4.78, 5) is 33.4. The Hall–Kier alpha value is -1.63. The summed E-state index contributed by atoms with van der Waals surface area (Å²) in [7, 11) is 0. The second kappa shape index (κ2) is 22.8. The van der Waals surface area contributed by atoms with Crippen molar-refractivity contribution in [1.82, 2.24) is 0 Å². The van der Waals surface area contributed by atoms with Crippen LogP contribution >= 0.6 is 0 Å². The lowest BCUT2D eigenvalue weighted by molar-refractivity contribution is -0.172. The molecule has 0 radical (unpaired) electrons. The van der Waals surface area contributed by atoms with E-state index in [1.54, 1.807) is 0 Å². The Labute approximate surface area is 213 Å². The lowest BCUT2D eigenvalue weighted by Crippen LogP contribution is -2.43. The third-order valence-electron chi connectivity index (χ3n) is 6.54. The molecule has 206 valence electrons. The first-order chi connectivity index (χ1) is 16.8. The van der Waals surface area contributed by atoms with E-state index >= 15 is 0 Å². The van der Waals surface area contributed by atoms with Crippen LogP contribution in [-0.4, -0.2) is 45.4 Å². The van der Waals surface area contributed by atoms with Crippen molar-refractivity contribution in [1.29, 1.82) is 0 Å². The Morgan fingerprint density at radius 2 is 0.914 bits per heavy atom. The van der Waals surface area contributed by atoms with Gasteiger partial charge in [-0.25, -0.2) is 4.79 Å². The van der Waals surface area contributed by atoms with Crippen molar-refractivity contribution in [3.05, 3.63) is 0 Å². The molecule has 0 aromatic heterocycles. The monoisotopic (exact) mass is 500 g/mol. The molecule has 7 nitrogen and oxygen atoms in total. The average Bonchev–Trinajstić information content (AvgIpc) is 2.79. The van der Waals surface area contributed by atoms with Crippen LogP contribution in [0.3, 0.4) is 0 Å². The molecule has 1 unspecified atom stereocenters. The zero-order valence-corrected chi connectivity index (χ0v) is 22.2. The Balaban J connectivity index is 3.39. The summed E-state index contributed by atoms with van der Waals surface area (Å²) >= 11 is 0. The van der Waals surface area contributed by atoms with Crippen LogP contribution in [-0.2, 0) is 19.1 Å². The largest absolute Gasteiger partial charge is 0.481 e. The van der Waals surface area contributed by atoms with E-state index in [-0.39, 0.29) is 6.61 Å². The van der Waals surface area contributed by atoms with Gasteiger partial charge in [-0.15, -0.1) is 0 Å². The van der Waals surface area contributed by atoms with Crippen molar-refractivity contribution in [3.8, 4) is 0 Å². The summed E-state index contributed by atoms with van der Waals surface area (Å²) in [5.74, 6) is -4.12. The van der Waals surface area contributed by atoms with E-state index in [4.69, 9.17) is 14.9 Å². The van der Waals surface area contributed by atoms with Gasteiger partial charge < -0.3 is 20.1 Å². The molecule has 0 aromatic carbocycles. The zero-order valence-electron chi connectivity index (χ0n) is 22.2. The number of aliphatic carboxylic acids is 2. The van der Waals surface area contributed by atoms with E-state index in [1.165, 1.54) is 103 Å². The van der Waals surface area contributed by atoms with Crippen molar-refractivity contribution < 1.29 is 34.4 Å². The molecule has 0 saturated carbocycles. The van der Waals surface area contributed by atoms with Gasteiger partial charge in [-0.1, -0.05) is 129 Å². The lowest BCUT2D eigenvalue weighted by Gasteiger charge is -2.20. The number of carboxylic acid groups (broad SMARTS) is 2. The summed E-state index contributed by atoms with van der Waals surface area (Å²) in [6.07, 6.45) is 23.7. The van der Waals surface area contributed by atoms with Crippen LogP contribution in [0.15, 0.2) is 0 Å². The number of hydrogen-bond acceptors (Lipinski definition) is 5. The van der Waals surface area contributed by atoms with Crippen molar-refractivity contribution in [3.63, 3.8) is 0 Å². The Kier molecular flexibility index (Phi) is 21.7. The Bertz CT molecular complexity index is 549. The second-order valence-corrected chi connectivity index (χ2v) is 10.0. The fourth-order valence-electron chi connectivity index (χ4n) is 4.30. The number of ether oxygens (including phenoxy) is 1. The van der Waals surface area contributed by atoms with Gasteiger partial charge in [0.15, 0.2) is 5.60 Å². The highest BCUT2D eigenvalue weighted by Crippen LogP contribution is 2.18. The van der Waals surface area contributed by atoms with Crippen LogP contribution in [0.2, 0.25) is 0 Å². The number of carbonyl (C=O) groups excluding carboxylic acids is 1. The van der Waals surface area contributed by atoms with Crippen LogP contribution in [0.5, 0.6) is 0 Å². The minimum absolute atomic E-state index is 0.153. The number of aliphatic hydroxyl groups is 1. The number of carbonyl (C=O) groups is 3. The molecule has 7 heteroatoms. The third-order valence-corrected chi connectivity index (χ3v) is 6.54. The molecule has 0 aromatic rings. The predicted octanol–water partition coefficient (Wildman–Crippen LogP) is 7.03. The van der Waals surface area contributed by atoms with E-state index in [0.29, 0.717) is 6.42 Å². The highest BCUT2D eigenvalue weighted by Gasteiger charge is 2.41. The van der Waals surface area contributed by atoms with Crippen LogP contribution in [0.1, 0.15) is 148 Å². The van der Waals surface area contributed by atoms with Gasteiger partial charge in [0.1, 0.15) is 0 Å². The molecule has 1 atom stereocenters. The molecule has 35 heavy (non-hydrogen) atoms. The molecule has 0 amide bonds. The van der Waals surface area contributed by atoms with Crippen molar-refractivity contribution in [2.75, 3.05) is 6.61 Å². The fraction of sp³-hybridized carbons (Fsp3) is 0.893. The SMILES string of the molecule is CCCCCCCCCCCCCCCCCCCCCCOC(=O)CC(O)(CC(=O)O)C(=O)O.